The van der Waals surface area contributed by atoms with Crippen LogP contribution in [0.2, 0.25) is 0 Å². The standard InChI is InChI=1S/C14H27NO2/c1-10-6-8-13(9-7-10)15(4)12(3)11(2)14(16)17-5/h10-13H,6-9H2,1-5H3. The summed E-state index contributed by atoms with van der Waals surface area (Å²) in [6, 6.07) is 0.883. The number of ether oxygens (including phenoxy) is 1. The summed E-state index contributed by atoms with van der Waals surface area (Å²) in [5.41, 5.74) is 0. The quantitative estimate of drug-likeness (QED) is 0.709. The molecule has 1 fully saturated rings. The maximum absolute atomic E-state index is 11.5. The molecule has 0 heterocycles. The van der Waals surface area contributed by atoms with Crippen molar-refractivity contribution in [3.05, 3.63) is 0 Å². The van der Waals surface area contributed by atoms with Crippen LogP contribution in [-0.2, 0) is 9.53 Å². The lowest BCUT2D eigenvalue weighted by atomic mass is 9.85. The monoisotopic (exact) mass is 241 g/mol. The summed E-state index contributed by atoms with van der Waals surface area (Å²) in [6.07, 6.45) is 5.15. The van der Waals surface area contributed by atoms with Gasteiger partial charge in [-0.15, -0.1) is 0 Å². The van der Waals surface area contributed by atoms with E-state index in [-0.39, 0.29) is 17.9 Å². The Hall–Kier alpha value is -0.570. The molecule has 0 N–H and O–H groups in total. The highest BCUT2D eigenvalue weighted by atomic mass is 16.5. The lowest BCUT2D eigenvalue weighted by molar-refractivity contribution is -0.147. The van der Waals surface area contributed by atoms with Crippen molar-refractivity contribution in [2.45, 2.75) is 58.5 Å². The van der Waals surface area contributed by atoms with Crippen molar-refractivity contribution in [3.8, 4) is 0 Å². The second-order valence-electron chi connectivity index (χ2n) is 5.63. The summed E-state index contributed by atoms with van der Waals surface area (Å²) in [7, 11) is 3.61. The maximum atomic E-state index is 11.5. The zero-order valence-electron chi connectivity index (χ0n) is 11.9. The largest absolute Gasteiger partial charge is 0.469 e. The average molecular weight is 241 g/mol. The Balaban J connectivity index is 2.51. The van der Waals surface area contributed by atoms with Crippen LogP contribution in [0.3, 0.4) is 0 Å². The molecular weight excluding hydrogens is 214 g/mol. The zero-order chi connectivity index (χ0) is 13.0. The summed E-state index contributed by atoms with van der Waals surface area (Å²) in [5.74, 6) is 0.714. The van der Waals surface area contributed by atoms with Crippen LogP contribution in [-0.4, -0.2) is 37.1 Å². The molecule has 17 heavy (non-hydrogen) atoms. The van der Waals surface area contributed by atoms with Crippen molar-refractivity contribution in [3.63, 3.8) is 0 Å². The molecule has 0 aromatic rings. The number of methoxy groups -OCH3 is 1. The highest BCUT2D eigenvalue weighted by molar-refractivity contribution is 5.72. The minimum absolute atomic E-state index is 0.0515. The predicted molar refractivity (Wildman–Crippen MR) is 69.8 cm³/mol. The number of hydrogen-bond donors (Lipinski definition) is 0. The average Bonchev–Trinajstić information content (AvgIpc) is 2.36. The Morgan fingerprint density at radius 3 is 2.24 bits per heavy atom. The Labute approximate surface area is 106 Å². The van der Waals surface area contributed by atoms with E-state index in [1.807, 2.05) is 6.92 Å². The van der Waals surface area contributed by atoms with Gasteiger partial charge >= 0.3 is 5.97 Å². The van der Waals surface area contributed by atoms with E-state index in [4.69, 9.17) is 4.74 Å². The summed E-state index contributed by atoms with van der Waals surface area (Å²) in [5, 5.41) is 0. The molecule has 0 aliphatic heterocycles. The van der Waals surface area contributed by atoms with E-state index >= 15 is 0 Å². The third-order valence-corrected chi connectivity index (χ3v) is 4.50. The first-order valence-corrected chi connectivity index (χ1v) is 6.77. The van der Waals surface area contributed by atoms with Crippen molar-refractivity contribution in [2.24, 2.45) is 11.8 Å². The Kier molecular flexibility index (Phi) is 5.44. The lowest BCUT2D eigenvalue weighted by Gasteiger charge is -2.38. The smallest absolute Gasteiger partial charge is 0.309 e. The molecule has 1 aliphatic carbocycles. The van der Waals surface area contributed by atoms with Gasteiger partial charge in [0.15, 0.2) is 0 Å². The SMILES string of the molecule is COC(=O)C(C)C(C)N(C)C1CCC(C)CC1. The first-order valence-electron chi connectivity index (χ1n) is 6.77. The van der Waals surface area contributed by atoms with Crippen molar-refractivity contribution in [2.75, 3.05) is 14.2 Å². The molecule has 1 saturated carbocycles. The van der Waals surface area contributed by atoms with Gasteiger partial charge in [0, 0.05) is 12.1 Å². The van der Waals surface area contributed by atoms with Crippen LogP contribution in [0.15, 0.2) is 0 Å². The number of carbonyl (C=O) groups excluding carboxylic acids is 1. The first kappa shape index (κ1) is 14.5. The fourth-order valence-corrected chi connectivity index (χ4v) is 2.72. The van der Waals surface area contributed by atoms with Crippen LogP contribution in [0.1, 0.15) is 46.5 Å². The molecule has 0 aromatic heterocycles. The molecule has 3 heteroatoms. The molecule has 0 aromatic carbocycles. The van der Waals surface area contributed by atoms with Gasteiger partial charge in [0.05, 0.1) is 13.0 Å². The number of esters is 1. The van der Waals surface area contributed by atoms with E-state index in [2.05, 4.69) is 25.8 Å². The van der Waals surface area contributed by atoms with E-state index in [1.54, 1.807) is 0 Å². The van der Waals surface area contributed by atoms with Crippen LogP contribution in [0.25, 0.3) is 0 Å². The molecule has 0 radical (unpaired) electrons. The third-order valence-electron chi connectivity index (χ3n) is 4.50. The third kappa shape index (κ3) is 3.70. The van der Waals surface area contributed by atoms with Crippen LogP contribution in [0.5, 0.6) is 0 Å². The molecule has 2 atom stereocenters. The number of hydrogen-bond acceptors (Lipinski definition) is 3. The van der Waals surface area contributed by atoms with Gasteiger partial charge in [0.25, 0.3) is 0 Å². The first-order chi connectivity index (χ1) is 7.97. The van der Waals surface area contributed by atoms with Crippen molar-refractivity contribution in [1.29, 1.82) is 0 Å². The molecule has 1 aliphatic rings. The Bertz CT molecular complexity index is 247. The molecule has 2 unspecified atom stereocenters. The molecule has 100 valence electrons. The van der Waals surface area contributed by atoms with Gasteiger partial charge in [-0.3, -0.25) is 9.69 Å². The number of carbonyl (C=O) groups is 1. The van der Waals surface area contributed by atoms with Crippen LogP contribution >= 0.6 is 0 Å². The van der Waals surface area contributed by atoms with Crippen molar-refractivity contribution in [1.82, 2.24) is 4.90 Å². The van der Waals surface area contributed by atoms with Gasteiger partial charge in [-0.1, -0.05) is 13.8 Å². The van der Waals surface area contributed by atoms with Crippen LogP contribution in [0, 0.1) is 11.8 Å². The zero-order valence-corrected chi connectivity index (χ0v) is 11.9. The van der Waals surface area contributed by atoms with Gasteiger partial charge in [0.2, 0.25) is 0 Å². The fourth-order valence-electron chi connectivity index (χ4n) is 2.72. The predicted octanol–water partition coefficient (Wildman–Crippen LogP) is 2.69. The Morgan fingerprint density at radius 2 is 1.76 bits per heavy atom. The molecule has 3 nitrogen and oxygen atoms in total. The second-order valence-corrected chi connectivity index (χ2v) is 5.63. The van der Waals surface area contributed by atoms with Crippen molar-refractivity contribution < 1.29 is 9.53 Å². The van der Waals surface area contributed by atoms with E-state index in [0.717, 1.165) is 5.92 Å². The van der Waals surface area contributed by atoms with E-state index in [9.17, 15) is 4.79 Å². The minimum Gasteiger partial charge on any atom is -0.469 e. The van der Waals surface area contributed by atoms with Gasteiger partial charge in [-0.25, -0.2) is 0 Å². The summed E-state index contributed by atoms with van der Waals surface area (Å²) >= 11 is 0. The summed E-state index contributed by atoms with van der Waals surface area (Å²) < 4.78 is 4.82. The topological polar surface area (TPSA) is 29.5 Å². The van der Waals surface area contributed by atoms with Gasteiger partial charge in [0.1, 0.15) is 0 Å². The normalized spacial score (nSPS) is 28.8. The molecule has 0 saturated heterocycles. The Morgan fingerprint density at radius 1 is 1.24 bits per heavy atom. The van der Waals surface area contributed by atoms with E-state index < -0.39 is 0 Å². The van der Waals surface area contributed by atoms with Gasteiger partial charge < -0.3 is 4.74 Å². The van der Waals surface area contributed by atoms with E-state index in [1.165, 1.54) is 32.8 Å². The van der Waals surface area contributed by atoms with Crippen LogP contribution in [0.4, 0.5) is 0 Å². The number of rotatable bonds is 4. The van der Waals surface area contributed by atoms with Gasteiger partial charge in [-0.05, 0) is 45.6 Å². The number of nitrogens with zero attached hydrogens (tertiary/aromatic N) is 1. The van der Waals surface area contributed by atoms with Crippen LogP contribution < -0.4 is 0 Å². The molecule has 0 bridgehead atoms. The highest BCUT2D eigenvalue weighted by Gasteiger charge is 2.30. The lowest BCUT2D eigenvalue weighted by Crippen LogP contribution is -2.45. The highest BCUT2D eigenvalue weighted by Crippen LogP contribution is 2.28. The van der Waals surface area contributed by atoms with E-state index in [0.29, 0.717) is 6.04 Å². The second kappa shape index (κ2) is 6.39. The minimum atomic E-state index is -0.103. The summed E-state index contributed by atoms with van der Waals surface area (Å²) in [6.45, 7) is 6.41. The molecule has 0 spiro atoms. The molecule has 1 rings (SSSR count). The van der Waals surface area contributed by atoms with Gasteiger partial charge in [-0.2, -0.15) is 0 Å². The molecular formula is C14H27NO2. The maximum Gasteiger partial charge on any atom is 0.309 e. The molecule has 0 amide bonds. The fraction of sp³-hybridized carbons (Fsp3) is 0.929. The van der Waals surface area contributed by atoms with Crippen molar-refractivity contribution >= 4 is 5.97 Å². The summed E-state index contributed by atoms with van der Waals surface area (Å²) in [4.78, 5) is 13.9.